The Morgan fingerprint density at radius 2 is 1.69 bits per heavy atom. The van der Waals surface area contributed by atoms with Crippen molar-refractivity contribution in [2.24, 2.45) is 11.7 Å². The Kier molecular flexibility index (Phi) is 13.1. The number of nitrogens with zero attached hydrogens (tertiary/aromatic N) is 1. The highest BCUT2D eigenvalue weighted by molar-refractivity contribution is 7.98. The molecule has 1 heterocycles. The smallest absolute Gasteiger partial charge is 0.326 e. The second-order valence-electron chi connectivity index (χ2n) is 8.45. The molecule has 9 nitrogen and oxygen atoms in total. The molecule has 184 valence electrons. The van der Waals surface area contributed by atoms with Gasteiger partial charge in [-0.3, -0.25) is 14.4 Å². The molecule has 1 rings (SSSR count). The zero-order chi connectivity index (χ0) is 24.3. The molecular formula is C21H38N4O5S2. The van der Waals surface area contributed by atoms with Crippen molar-refractivity contribution < 1.29 is 24.3 Å². The monoisotopic (exact) mass is 490 g/mol. The summed E-state index contributed by atoms with van der Waals surface area (Å²) in [5.41, 5.74) is 5.96. The van der Waals surface area contributed by atoms with Gasteiger partial charge in [-0.1, -0.05) is 13.8 Å². The topological polar surface area (TPSA) is 142 Å². The fourth-order valence-corrected chi connectivity index (χ4v) is 4.57. The number of nitrogens with one attached hydrogen (secondary N) is 2. The van der Waals surface area contributed by atoms with Gasteiger partial charge >= 0.3 is 5.97 Å². The molecule has 4 atom stereocenters. The maximum absolute atomic E-state index is 13.3. The van der Waals surface area contributed by atoms with E-state index in [1.165, 1.54) is 4.90 Å². The molecule has 0 aromatic heterocycles. The Bertz CT molecular complexity index is 650. The number of hydrogen-bond acceptors (Lipinski definition) is 7. The molecule has 0 aliphatic carbocycles. The van der Waals surface area contributed by atoms with Gasteiger partial charge < -0.3 is 26.4 Å². The summed E-state index contributed by atoms with van der Waals surface area (Å²) in [6, 6.07) is -3.21. The molecule has 0 spiro atoms. The summed E-state index contributed by atoms with van der Waals surface area (Å²) >= 11 is 3.16. The molecule has 0 bridgehead atoms. The van der Waals surface area contributed by atoms with Gasteiger partial charge in [0.25, 0.3) is 0 Å². The lowest BCUT2D eigenvalue weighted by Gasteiger charge is -2.30. The number of aliphatic carboxylic acids is 1. The van der Waals surface area contributed by atoms with E-state index in [2.05, 4.69) is 10.6 Å². The van der Waals surface area contributed by atoms with Gasteiger partial charge in [-0.25, -0.2) is 4.79 Å². The van der Waals surface area contributed by atoms with E-state index in [4.69, 9.17) is 5.73 Å². The second-order valence-corrected chi connectivity index (χ2v) is 10.4. The quantitative estimate of drug-likeness (QED) is 0.281. The average Bonchev–Trinajstić information content (AvgIpc) is 3.23. The number of hydrogen-bond donors (Lipinski definition) is 4. The molecule has 0 radical (unpaired) electrons. The number of nitrogens with two attached hydrogens (primary N) is 1. The Morgan fingerprint density at radius 1 is 1.06 bits per heavy atom. The largest absolute Gasteiger partial charge is 0.480 e. The number of likely N-dealkylation sites (tertiary alicyclic amines) is 1. The van der Waals surface area contributed by atoms with Crippen molar-refractivity contribution in [1.29, 1.82) is 0 Å². The van der Waals surface area contributed by atoms with Gasteiger partial charge in [-0.15, -0.1) is 0 Å². The minimum atomic E-state index is -1.09. The fourth-order valence-electron chi connectivity index (χ4n) is 3.61. The van der Waals surface area contributed by atoms with Gasteiger partial charge in [0.05, 0.1) is 6.04 Å². The van der Waals surface area contributed by atoms with E-state index >= 15 is 0 Å². The number of carboxylic acid groups (broad SMARTS) is 1. The van der Waals surface area contributed by atoms with Gasteiger partial charge in [0, 0.05) is 6.54 Å². The molecule has 1 aliphatic heterocycles. The normalized spacial score (nSPS) is 18.8. The summed E-state index contributed by atoms with van der Waals surface area (Å²) in [5, 5.41) is 14.8. The minimum Gasteiger partial charge on any atom is -0.480 e. The third-order valence-corrected chi connectivity index (χ3v) is 6.64. The van der Waals surface area contributed by atoms with Crippen molar-refractivity contribution in [3.63, 3.8) is 0 Å². The van der Waals surface area contributed by atoms with Crippen LogP contribution in [0.1, 0.15) is 46.0 Å². The van der Waals surface area contributed by atoms with Gasteiger partial charge in [-0.2, -0.15) is 23.5 Å². The molecule has 3 amide bonds. The SMILES string of the molecule is CSCCC(N)C(=O)NC(CCSC)C(=O)N1CCCC1C(=O)NC(CC(C)C)C(=O)O. The summed E-state index contributed by atoms with van der Waals surface area (Å²) in [6.07, 6.45) is 6.20. The summed E-state index contributed by atoms with van der Waals surface area (Å²) in [4.78, 5) is 51.7. The lowest BCUT2D eigenvalue weighted by Crippen LogP contribution is -2.57. The van der Waals surface area contributed by atoms with Crippen LogP contribution < -0.4 is 16.4 Å². The van der Waals surface area contributed by atoms with Crippen LogP contribution in [-0.2, 0) is 19.2 Å². The van der Waals surface area contributed by atoms with Crippen molar-refractivity contribution in [2.45, 2.75) is 70.1 Å². The first kappa shape index (κ1) is 28.6. The van der Waals surface area contributed by atoms with Gasteiger partial charge in [-0.05, 0) is 62.0 Å². The zero-order valence-corrected chi connectivity index (χ0v) is 21.1. The average molecular weight is 491 g/mol. The first-order valence-electron chi connectivity index (χ1n) is 11.0. The highest BCUT2D eigenvalue weighted by Crippen LogP contribution is 2.20. The molecule has 0 aromatic carbocycles. The number of thioether (sulfide) groups is 2. The molecule has 1 saturated heterocycles. The van der Waals surface area contributed by atoms with Crippen LogP contribution in [-0.4, -0.2) is 88.4 Å². The molecule has 4 unspecified atom stereocenters. The van der Waals surface area contributed by atoms with Gasteiger partial charge in [0.2, 0.25) is 17.7 Å². The van der Waals surface area contributed by atoms with E-state index in [0.29, 0.717) is 44.4 Å². The molecule has 32 heavy (non-hydrogen) atoms. The van der Waals surface area contributed by atoms with Crippen LogP contribution in [0, 0.1) is 5.92 Å². The summed E-state index contributed by atoms with van der Waals surface area (Å²) < 4.78 is 0. The summed E-state index contributed by atoms with van der Waals surface area (Å²) in [7, 11) is 0. The van der Waals surface area contributed by atoms with E-state index < -0.39 is 36.0 Å². The minimum absolute atomic E-state index is 0.0965. The van der Waals surface area contributed by atoms with Crippen molar-refractivity contribution in [2.75, 3.05) is 30.6 Å². The number of amides is 3. The molecule has 5 N–H and O–H groups in total. The number of rotatable bonds is 14. The first-order chi connectivity index (χ1) is 15.1. The molecule has 1 fully saturated rings. The molecule has 0 aromatic rings. The van der Waals surface area contributed by atoms with Crippen LogP contribution in [0.25, 0.3) is 0 Å². The van der Waals surface area contributed by atoms with E-state index in [-0.39, 0.29) is 17.7 Å². The highest BCUT2D eigenvalue weighted by atomic mass is 32.2. The Hall–Kier alpha value is -1.46. The lowest BCUT2D eigenvalue weighted by molar-refractivity contribution is -0.145. The predicted molar refractivity (Wildman–Crippen MR) is 130 cm³/mol. The van der Waals surface area contributed by atoms with Gasteiger partial charge in [0.15, 0.2) is 0 Å². The van der Waals surface area contributed by atoms with Crippen molar-refractivity contribution >= 4 is 47.2 Å². The van der Waals surface area contributed by atoms with Crippen LogP contribution in [0.3, 0.4) is 0 Å². The maximum Gasteiger partial charge on any atom is 0.326 e. The Labute approximate surface area is 199 Å². The summed E-state index contributed by atoms with van der Waals surface area (Å²) in [5.74, 6) is -0.744. The lowest BCUT2D eigenvalue weighted by atomic mass is 10.0. The molecule has 1 aliphatic rings. The van der Waals surface area contributed by atoms with Crippen LogP contribution in [0.2, 0.25) is 0 Å². The van der Waals surface area contributed by atoms with Crippen LogP contribution in [0.4, 0.5) is 0 Å². The van der Waals surface area contributed by atoms with Crippen molar-refractivity contribution in [3.05, 3.63) is 0 Å². The van der Waals surface area contributed by atoms with Crippen molar-refractivity contribution in [1.82, 2.24) is 15.5 Å². The van der Waals surface area contributed by atoms with Crippen LogP contribution in [0.15, 0.2) is 0 Å². The zero-order valence-electron chi connectivity index (χ0n) is 19.5. The molecule has 0 saturated carbocycles. The molecule has 11 heteroatoms. The summed E-state index contributed by atoms with van der Waals surface area (Å²) in [6.45, 7) is 4.16. The second kappa shape index (κ2) is 14.6. The van der Waals surface area contributed by atoms with Crippen LogP contribution in [0.5, 0.6) is 0 Å². The number of carboxylic acids is 1. The van der Waals surface area contributed by atoms with E-state index in [0.717, 1.165) is 5.75 Å². The maximum atomic E-state index is 13.3. The fraction of sp³-hybridized carbons (Fsp3) is 0.810. The number of carbonyl (C=O) groups excluding carboxylic acids is 3. The van der Waals surface area contributed by atoms with E-state index in [1.54, 1.807) is 23.5 Å². The Balaban J connectivity index is 2.89. The standard InChI is InChI=1S/C21H38N4O5S2/c1-13(2)12-16(21(29)30)24-19(27)17-6-5-9-25(17)20(28)15(8-11-32-4)23-18(26)14(22)7-10-31-3/h13-17H,5-12,22H2,1-4H3,(H,23,26)(H,24,27)(H,29,30). The Morgan fingerprint density at radius 3 is 2.25 bits per heavy atom. The third kappa shape index (κ3) is 9.19. The van der Waals surface area contributed by atoms with Crippen LogP contribution >= 0.6 is 23.5 Å². The van der Waals surface area contributed by atoms with E-state index in [1.807, 2.05) is 26.4 Å². The first-order valence-corrected chi connectivity index (χ1v) is 13.8. The van der Waals surface area contributed by atoms with Gasteiger partial charge in [0.1, 0.15) is 18.1 Å². The van der Waals surface area contributed by atoms with Crippen molar-refractivity contribution in [3.8, 4) is 0 Å². The predicted octanol–water partition coefficient (Wildman–Crippen LogP) is 0.911. The van der Waals surface area contributed by atoms with E-state index in [9.17, 15) is 24.3 Å². The molecular weight excluding hydrogens is 452 g/mol. The third-order valence-electron chi connectivity index (χ3n) is 5.36. The highest BCUT2D eigenvalue weighted by Gasteiger charge is 2.39. The number of carbonyl (C=O) groups is 4.